The molecular formula is C22H18N2O2. The van der Waals surface area contributed by atoms with Gasteiger partial charge in [-0.3, -0.25) is 4.79 Å². The fraction of sp³-hybridized carbons (Fsp3) is 0.0909. The van der Waals surface area contributed by atoms with Gasteiger partial charge in [0.1, 0.15) is 23.2 Å². The molecule has 0 radical (unpaired) electrons. The predicted octanol–water partition coefficient (Wildman–Crippen LogP) is 4.21. The average Bonchev–Trinajstić information content (AvgIpc) is 3.16. The lowest BCUT2D eigenvalue weighted by Gasteiger charge is -2.04. The fourth-order valence-electron chi connectivity index (χ4n) is 2.54. The number of hydrogen-bond donors (Lipinski definition) is 1. The molecule has 2 aromatic carbocycles. The number of rotatable bonds is 6. The van der Waals surface area contributed by atoms with Gasteiger partial charge in [-0.15, -0.1) is 0 Å². The van der Waals surface area contributed by atoms with E-state index in [9.17, 15) is 10.1 Å². The van der Waals surface area contributed by atoms with Gasteiger partial charge in [-0.05, 0) is 24.1 Å². The van der Waals surface area contributed by atoms with Crippen LogP contribution in [0.25, 0.3) is 17.4 Å². The maximum absolute atomic E-state index is 12.2. The van der Waals surface area contributed by atoms with Crippen molar-refractivity contribution in [2.75, 3.05) is 6.54 Å². The van der Waals surface area contributed by atoms with Crippen molar-refractivity contribution >= 4 is 12.0 Å². The molecule has 128 valence electrons. The Morgan fingerprint density at radius 1 is 1.00 bits per heavy atom. The topological polar surface area (TPSA) is 66.0 Å². The lowest BCUT2D eigenvalue weighted by Crippen LogP contribution is -2.26. The third kappa shape index (κ3) is 4.49. The van der Waals surface area contributed by atoms with E-state index in [-0.39, 0.29) is 5.57 Å². The summed E-state index contributed by atoms with van der Waals surface area (Å²) in [5, 5.41) is 12.0. The van der Waals surface area contributed by atoms with Crippen molar-refractivity contribution in [1.82, 2.24) is 5.32 Å². The summed E-state index contributed by atoms with van der Waals surface area (Å²) in [6, 6.07) is 25.0. The highest BCUT2D eigenvalue weighted by atomic mass is 16.3. The van der Waals surface area contributed by atoms with Gasteiger partial charge in [-0.1, -0.05) is 60.7 Å². The normalized spacial score (nSPS) is 11.0. The minimum Gasteiger partial charge on any atom is -0.457 e. The third-order valence-electron chi connectivity index (χ3n) is 3.88. The number of nitriles is 1. The first-order valence-electron chi connectivity index (χ1n) is 8.35. The summed E-state index contributed by atoms with van der Waals surface area (Å²) in [5.74, 6) is 0.762. The van der Waals surface area contributed by atoms with E-state index in [1.165, 1.54) is 6.08 Å². The quantitative estimate of drug-likeness (QED) is 0.539. The lowest BCUT2D eigenvalue weighted by molar-refractivity contribution is -0.117. The molecular weight excluding hydrogens is 324 g/mol. The van der Waals surface area contributed by atoms with E-state index in [2.05, 4.69) is 5.32 Å². The lowest BCUT2D eigenvalue weighted by atomic mass is 10.1. The van der Waals surface area contributed by atoms with Gasteiger partial charge in [0.15, 0.2) is 0 Å². The Kier molecular flexibility index (Phi) is 5.64. The number of carbonyl (C=O) groups is 1. The van der Waals surface area contributed by atoms with E-state index >= 15 is 0 Å². The molecule has 0 aliphatic carbocycles. The zero-order chi connectivity index (χ0) is 18.2. The van der Waals surface area contributed by atoms with Crippen LogP contribution in [0.1, 0.15) is 11.3 Å². The summed E-state index contributed by atoms with van der Waals surface area (Å²) in [5.41, 5.74) is 2.10. The van der Waals surface area contributed by atoms with Crippen LogP contribution >= 0.6 is 0 Å². The molecule has 1 N–H and O–H groups in total. The molecule has 1 amide bonds. The molecule has 0 unspecified atom stereocenters. The summed E-state index contributed by atoms with van der Waals surface area (Å²) >= 11 is 0. The first-order valence-corrected chi connectivity index (χ1v) is 8.35. The van der Waals surface area contributed by atoms with Crippen molar-refractivity contribution in [2.24, 2.45) is 0 Å². The van der Waals surface area contributed by atoms with Crippen LogP contribution in [0, 0.1) is 11.3 Å². The molecule has 0 bridgehead atoms. The Morgan fingerprint density at radius 2 is 1.69 bits per heavy atom. The minimum absolute atomic E-state index is 0.0204. The van der Waals surface area contributed by atoms with E-state index in [1.807, 2.05) is 72.8 Å². The van der Waals surface area contributed by atoms with Gasteiger partial charge in [0, 0.05) is 18.2 Å². The van der Waals surface area contributed by atoms with Crippen LogP contribution in [0.4, 0.5) is 0 Å². The molecule has 0 aliphatic rings. The van der Waals surface area contributed by atoms with E-state index in [4.69, 9.17) is 4.42 Å². The van der Waals surface area contributed by atoms with Crippen molar-refractivity contribution < 1.29 is 9.21 Å². The van der Waals surface area contributed by atoms with Gasteiger partial charge in [0.05, 0.1) is 0 Å². The monoisotopic (exact) mass is 342 g/mol. The second-order valence-corrected chi connectivity index (χ2v) is 5.73. The van der Waals surface area contributed by atoms with Crippen LogP contribution in [-0.2, 0) is 11.2 Å². The molecule has 3 aromatic rings. The number of hydrogen-bond acceptors (Lipinski definition) is 3. The summed E-state index contributed by atoms with van der Waals surface area (Å²) in [6.07, 6.45) is 2.18. The molecule has 4 heteroatoms. The van der Waals surface area contributed by atoms with Crippen molar-refractivity contribution in [2.45, 2.75) is 6.42 Å². The molecule has 1 aromatic heterocycles. The number of nitrogens with one attached hydrogen (secondary N) is 1. The van der Waals surface area contributed by atoms with E-state index in [1.54, 1.807) is 6.07 Å². The number of carbonyl (C=O) groups excluding carboxylic acids is 1. The highest BCUT2D eigenvalue weighted by molar-refractivity contribution is 6.01. The van der Waals surface area contributed by atoms with Crippen LogP contribution in [-0.4, -0.2) is 12.5 Å². The van der Waals surface area contributed by atoms with E-state index in [0.29, 0.717) is 24.5 Å². The summed E-state index contributed by atoms with van der Waals surface area (Å²) < 4.78 is 5.72. The zero-order valence-electron chi connectivity index (χ0n) is 14.2. The molecule has 0 saturated heterocycles. The average molecular weight is 342 g/mol. The molecule has 0 fully saturated rings. The Bertz CT molecular complexity index is 935. The highest BCUT2D eigenvalue weighted by Gasteiger charge is 2.10. The van der Waals surface area contributed by atoms with Gasteiger partial charge in [-0.2, -0.15) is 5.26 Å². The Labute approximate surface area is 152 Å². The Morgan fingerprint density at radius 3 is 2.38 bits per heavy atom. The molecule has 26 heavy (non-hydrogen) atoms. The molecule has 0 atom stereocenters. The molecule has 4 nitrogen and oxygen atoms in total. The van der Waals surface area contributed by atoms with Gasteiger partial charge in [0.2, 0.25) is 0 Å². The van der Waals surface area contributed by atoms with Crippen LogP contribution < -0.4 is 5.32 Å². The fourth-order valence-corrected chi connectivity index (χ4v) is 2.54. The molecule has 1 heterocycles. The molecule has 0 aliphatic heterocycles. The van der Waals surface area contributed by atoms with Gasteiger partial charge in [0.25, 0.3) is 5.91 Å². The van der Waals surface area contributed by atoms with E-state index < -0.39 is 5.91 Å². The SMILES string of the molecule is N#CC(=Cc1ccc(-c2ccccc2)o1)C(=O)NCCc1ccccc1. The van der Waals surface area contributed by atoms with Crippen LogP contribution in [0.2, 0.25) is 0 Å². The van der Waals surface area contributed by atoms with Gasteiger partial charge < -0.3 is 9.73 Å². The Hall–Kier alpha value is -3.58. The Balaban J connectivity index is 1.63. The second-order valence-electron chi connectivity index (χ2n) is 5.73. The smallest absolute Gasteiger partial charge is 0.262 e. The molecule has 0 saturated carbocycles. The highest BCUT2D eigenvalue weighted by Crippen LogP contribution is 2.23. The maximum atomic E-state index is 12.2. The van der Waals surface area contributed by atoms with Crippen LogP contribution in [0.3, 0.4) is 0 Å². The van der Waals surface area contributed by atoms with Crippen LogP contribution in [0.5, 0.6) is 0 Å². The standard InChI is InChI=1S/C22H18N2O2/c23-16-19(22(25)24-14-13-17-7-3-1-4-8-17)15-20-11-12-21(26-20)18-9-5-2-6-10-18/h1-12,15H,13-14H2,(H,24,25). The molecule has 3 rings (SSSR count). The van der Waals surface area contributed by atoms with Gasteiger partial charge >= 0.3 is 0 Å². The third-order valence-corrected chi connectivity index (χ3v) is 3.88. The summed E-state index contributed by atoms with van der Waals surface area (Å²) in [4.78, 5) is 12.2. The van der Waals surface area contributed by atoms with Crippen molar-refractivity contribution in [3.63, 3.8) is 0 Å². The van der Waals surface area contributed by atoms with Crippen molar-refractivity contribution in [1.29, 1.82) is 5.26 Å². The largest absolute Gasteiger partial charge is 0.457 e. The van der Waals surface area contributed by atoms with E-state index in [0.717, 1.165) is 11.1 Å². The number of benzene rings is 2. The van der Waals surface area contributed by atoms with Crippen molar-refractivity contribution in [3.8, 4) is 17.4 Å². The van der Waals surface area contributed by atoms with Gasteiger partial charge in [-0.25, -0.2) is 0 Å². The molecule has 0 spiro atoms. The number of amides is 1. The number of nitrogens with zero attached hydrogens (tertiary/aromatic N) is 1. The number of furan rings is 1. The second kappa shape index (κ2) is 8.50. The van der Waals surface area contributed by atoms with Crippen molar-refractivity contribution in [3.05, 3.63) is 89.7 Å². The summed E-state index contributed by atoms with van der Waals surface area (Å²) in [7, 11) is 0. The zero-order valence-corrected chi connectivity index (χ0v) is 14.2. The minimum atomic E-state index is -0.402. The van der Waals surface area contributed by atoms with Crippen LogP contribution in [0.15, 0.2) is 82.8 Å². The predicted molar refractivity (Wildman–Crippen MR) is 101 cm³/mol. The first-order chi connectivity index (χ1) is 12.8. The first kappa shape index (κ1) is 17.2. The summed E-state index contributed by atoms with van der Waals surface area (Å²) in [6.45, 7) is 0.468. The maximum Gasteiger partial charge on any atom is 0.262 e.